The van der Waals surface area contributed by atoms with Crippen LogP contribution in [-0.2, 0) is 12.6 Å². The third-order valence-corrected chi connectivity index (χ3v) is 4.35. The van der Waals surface area contributed by atoms with Crippen molar-refractivity contribution in [2.75, 3.05) is 0 Å². The van der Waals surface area contributed by atoms with Crippen LogP contribution in [0.15, 0.2) is 48.8 Å². The largest absolute Gasteiger partial charge is 0.417 e. The molecule has 0 aliphatic heterocycles. The molecule has 0 saturated heterocycles. The van der Waals surface area contributed by atoms with E-state index in [2.05, 4.69) is 5.10 Å². The van der Waals surface area contributed by atoms with Gasteiger partial charge in [0.1, 0.15) is 0 Å². The third-order valence-electron chi connectivity index (χ3n) is 3.79. The first-order valence-corrected chi connectivity index (χ1v) is 8.24. The highest BCUT2D eigenvalue weighted by atomic mass is 35.5. The van der Waals surface area contributed by atoms with Gasteiger partial charge in [-0.15, -0.1) is 0 Å². The van der Waals surface area contributed by atoms with E-state index < -0.39 is 21.7 Å². The highest BCUT2D eigenvalue weighted by molar-refractivity contribution is 6.31. The molecule has 2 aromatic carbocycles. The van der Waals surface area contributed by atoms with Crippen LogP contribution in [0.3, 0.4) is 0 Å². The number of hydrogen-bond donors (Lipinski definition) is 0. The zero-order chi connectivity index (χ0) is 19.8. The second-order valence-corrected chi connectivity index (χ2v) is 6.51. The van der Waals surface area contributed by atoms with Gasteiger partial charge < -0.3 is 0 Å². The van der Waals surface area contributed by atoms with Crippen molar-refractivity contribution < 1.29 is 18.1 Å². The SMILES string of the molecule is O=[N+]([O-])c1ccc(Cl)cc1Cc1cnn(-c2ccc(Cl)c(C(F)(F)F)c2)c1. The highest BCUT2D eigenvalue weighted by Crippen LogP contribution is 2.35. The second kappa shape index (κ2) is 7.21. The minimum atomic E-state index is -4.59. The number of alkyl halides is 3. The van der Waals surface area contributed by atoms with Crippen molar-refractivity contribution in [1.82, 2.24) is 9.78 Å². The molecule has 140 valence electrons. The molecular weight excluding hydrogens is 406 g/mol. The van der Waals surface area contributed by atoms with Gasteiger partial charge in [-0.3, -0.25) is 10.1 Å². The number of aromatic nitrogens is 2. The topological polar surface area (TPSA) is 61.0 Å². The molecule has 0 N–H and O–H groups in total. The molecule has 0 fully saturated rings. The van der Waals surface area contributed by atoms with Gasteiger partial charge in [-0.25, -0.2) is 4.68 Å². The first kappa shape index (κ1) is 19.2. The van der Waals surface area contributed by atoms with Crippen molar-refractivity contribution in [3.8, 4) is 5.69 Å². The standard InChI is InChI=1S/C17H10Cl2F3N3O2/c18-12-1-4-16(25(26)27)11(6-12)5-10-8-23-24(9-10)13-2-3-15(19)14(7-13)17(20,21)22/h1-4,6-9H,5H2. The van der Waals surface area contributed by atoms with Crippen molar-refractivity contribution >= 4 is 28.9 Å². The van der Waals surface area contributed by atoms with Crippen molar-refractivity contribution in [3.63, 3.8) is 0 Å². The number of nitro benzene ring substituents is 1. The molecule has 0 bridgehead atoms. The van der Waals surface area contributed by atoms with Gasteiger partial charge in [0.2, 0.25) is 0 Å². The van der Waals surface area contributed by atoms with Gasteiger partial charge in [0.25, 0.3) is 5.69 Å². The third kappa shape index (κ3) is 4.23. The molecule has 0 spiro atoms. The summed E-state index contributed by atoms with van der Waals surface area (Å²) >= 11 is 11.5. The summed E-state index contributed by atoms with van der Waals surface area (Å²) in [4.78, 5) is 10.6. The minimum Gasteiger partial charge on any atom is -0.258 e. The number of benzene rings is 2. The van der Waals surface area contributed by atoms with E-state index in [-0.39, 0.29) is 17.8 Å². The molecule has 0 aliphatic rings. The number of rotatable bonds is 4. The molecular formula is C17H10Cl2F3N3O2. The van der Waals surface area contributed by atoms with E-state index in [0.29, 0.717) is 16.1 Å². The maximum Gasteiger partial charge on any atom is 0.417 e. The molecule has 1 aromatic heterocycles. The Morgan fingerprint density at radius 1 is 1.15 bits per heavy atom. The second-order valence-electron chi connectivity index (χ2n) is 5.66. The molecule has 5 nitrogen and oxygen atoms in total. The zero-order valence-electron chi connectivity index (χ0n) is 13.4. The molecule has 0 radical (unpaired) electrons. The molecule has 0 unspecified atom stereocenters. The zero-order valence-corrected chi connectivity index (χ0v) is 14.9. The molecule has 0 amide bonds. The molecule has 10 heteroatoms. The molecule has 0 saturated carbocycles. The average molecular weight is 416 g/mol. The van der Waals surface area contributed by atoms with E-state index in [0.717, 1.165) is 12.1 Å². The van der Waals surface area contributed by atoms with E-state index >= 15 is 0 Å². The average Bonchev–Trinajstić information content (AvgIpc) is 3.02. The Labute approximate surface area is 161 Å². The Morgan fingerprint density at radius 2 is 1.89 bits per heavy atom. The Balaban J connectivity index is 1.93. The monoisotopic (exact) mass is 415 g/mol. The van der Waals surface area contributed by atoms with Gasteiger partial charge in [-0.05, 0) is 35.9 Å². The Kier molecular flexibility index (Phi) is 5.12. The van der Waals surface area contributed by atoms with Crippen molar-refractivity contribution in [2.24, 2.45) is 0 Å². The Morgan fingerprint density at radius 3 is 2.56 bits per heavy atom. The summed E-state index contributed by atoms with van der Waals surface area (Å²) in [5.74, 6) is 0. The van der Waals surface area contributed by atoms with Gasteiger partial charge in [0, 0.05) is 29.3 Å². The normalized spacial score (nSPS) is 11.6. The maximum absolute atomic E-state index is 13.0. The van der Waals surface area contributed by atoms with Crippen LogP contribution in [0.4, 0.5) is 18.9 Å². The summed E-state index contributed by atoms with van der Waals surface area (Å²) in [6, 6.07) is 7.62. The maximum atomic E-state index is 13.0. The van der Waals surface area contributed by atoms with Gasteiger partial charge in [-0.1, -0.05) is 23.2 Å². The van der Waals surface area contributed by atoms with Crippen LogP contribution in [-0.4, -0.2) is 14.7 Å². The fraction of sp³-hybridized carbons (Fsp3) is 0.118. The summed E-state index contributed by atoms with van der Waals surface area (Å²) in [5, 5.41) is 15.1. The summed E-state index contributed by atoms with van der Waals surface area (Å²) in [7, 11) is 0. The lowest BCUT2D eigenvalue weighted by Crippen LogP contribution is -2.07. The van der Waals surface area contributed by atoms with Gasteiger partial charge in [0.15, 0.2) is 0 Å². The van der Waals surface area contributed by atoms with Crippen LogP contribution in [0, 0.1) is 10.1 Å². The minimum absolute atomic E-state index is 0.0991. The van der Waals surface area contributed by atoms with Crippen LogP contribution >= 0.6 is 23.2 Å². The van der Waals surface area contributed by atoms with Gasteiger partial charge >= 0.3 is 6.18 Å². The molecule has 3 aromatic rings. The molecule has 0 aliphatic carbocycles. The number of halogens is 5. The summed E-state index contributed by atoms with van der Waals surface area (Å²) in [6.45, 7) is 0. The van der Waals surface area contributed by atoms with E-state index in [1.54, 1.807) is 0 Å². The first-order valence-electron chi connectivity index (χ1n) is 7.48. The van der Waals surface area contributed by atoms with E-state index in [1.807, 2.05) is 0 Å². The number of nitrogens with zero attached hydrogens (tertiary/aromatic N) is 3. The van der Waals surface area contributed by atoms with Crippen LogP contribution in [0.25, 0.3) is 5.69 Å². The van der Waals surface area contributed by atoms with Crippen LogP contribution in [0.5, 0.6) is 0 Å². The van der Waals surface area contributed by atoms with Crippen molar-refractivity contribution in [1.29, 1.82) is 0 Å². The van der Waals surface area contributed by atoms with Crippen LogP contribution in [0.2, 0.25) is 10.0 Å². The highest BCUT2D eigenvalue weighted by Gasteiger charge is 2.33. The smallest absolute Gasteiger partial charge is 0.258 e. The van der Waals surface area contributed by atoms with Crippen molar-refractivity contribution in [3.05, 3.63) is 85.6 Å². The summed E-state index contributed by atoms with van der Waals surface area (Å²) in [5.41, 5.74) is 0.0452. The number of nitro groups is 1. The predicted octanol–water partition coefficient (Wildman–Crippen LogP) is 5.70. The predicted molar refractivity (Wildman–Crippen MR) is 94.5 cm³/mol. The fourth-order valence-electron chi connectivity index (χ4n) is 2.56. The van der Waals surface area contributed by atoms with Crippen LogP contribution in [0.1, 0.15) is 16.7 Å². The lowest BCUT2D eigenvalue weighted by atomic mass is 10.1. The van der Waals surface area contributed by atoms with Gasteiger partial charge in [0.05, 0.1) is 27.4 Å². The molecule has 3 rings (SSSR count). The Hall–Kier alpha value is -2.58. The number of hydrogen-bond acceptors (Lipinski definition) is 3. The summed E-state index contributed by atoms with van der Waals surface area (Å²) < 4.78 is 40.3. The van der Waals surface area contributed by atoms with Crippen molar-refractivity contribution in [2.45, 2.75) is 12.6 Å². The molecule has 27 heavy (non-hydrogen) atoms. The van der Waals surface area contributed by atoms with Gasteiger partial charge in [-0.2, -0.15) is 18.3 Å². The van der Waals surface area contributed by atoms with E-state index in [4.69, 9.17) is 23.2 Å². The lowest BCUT2D eigenvalue weighted by Gasteiger charge is -2.10. The van der Waals surface area contributed by atoms with Crippen LogP contribution < -0.4 is 0 Å². The first-order chi connectivity index (χ1) is 12.6. The summed E-state index contributed by atoms with van der Waals surface area (Å²) in [6.07, 6.45) is -1.53. The van der Waals surface area contributed by atoms with E-state index in [1.165, 1.54) is 41.3 Å². The molecule has 1 heterocycles. The molecule has 0 atom stereocenters. The fourth-order valence-corrected chi connectivity index (χ4v) is 2.98. The Bertz CT molecular complexity index is 1020. The quantitative estimate of drug-likeness (QED) is 0.405. The van der Waals surface area contributed by atoms with E-state index in [9.17, 15) is 23.3 Å². The lowest BCUT2D eigenvalue weighted by molar-refractivity contribution is -0.385.